The van der Waals surface area contributed by atoms with Crippen molar-refractivity contribution in [3.63, 3.8) is 0 Å². The number of nitrogens with zero attached hydrogens (tertiary/aromatic N) is 2. The van der Waals surface area contributed by atoms with E-state index in [1.165, 1.54) is 17.0 Å². The summed E-state index contributed by atoms with van der Waals surface area (Å²) in [7, 11) is 4.26. The van der Waals surface area contributed by atoms with E-state index >= 15 is 0 Å². The van der Waals surface area contributed by atoms with Crippen LogP contribution in [0.4, 0.5) is 0 Å². The Balaban J connectivity index is 0.000000347. The topological polar surface area (TPSA) is 67.2 Å². The number of hydrogen-bond donors (Lipinski definition) is 1. The quantitative estimate of drug-likeness (QED) is 0.0621. The standard InChI is InChI=1S/C31H31N2O.C15H28O2.Ir/c1-20(2)15-28-25-12-14-34-30(25)26(19-32-28)22-11-13-33(6)29(18-22)23-16-21-9-7-8-10-24(21)27(17-23)31(3,4)5;1-7-14(5,8-2)12(16)11-13(17)15(6,9-3)10-4;/h7-14,17-20H,6,15H2,1-5H3;11,16H,7-10H2,1-6H3;/q-1;;/b;12-11-;. The number of aliphatic hydroxyl groups excluding tert-OH is 1. The van der Waals surface area contributed by atoms with E-state index in [2.05, 4.69) is 90.2 Å². The van der Waals surface area contributed by atoms with Crippen molar-refractivity contribution in [2.75, 3.05) is 0 Å². The third-order valence-corrected chi connectivity index (χ3v) is 11.0. The van der Waals surface area contributed by atoms with Gasteiger partial charge in [0.15, 0.2) is 5.78 Å². The fourth-order valence-electron chi connectivity index (χ4n) is 6.37. The molecule has 0 aliphatic heterocycles. The molecule has 6 heteroatoms. The van der Waals surface area contributed by atoms with Crippen molar-refractivity contribution >= 4 is 27.5 Å². The number of pyridine rings is 2. The molecule has 0 atom stereocenters. The van der Waals surface area contributed by atoms with E-state index in [4.69, 9.17) is 9.40 Å². The van der Waals surface area contributed by atoms with Gasteiger partial charge in [-0.3, -0.25) is 9.78 Å². The second-order valence-corrected chi connectivity index (χ2v) is 16.0. The van der Waals surface area contributed by atoms with Crippen molar-refractivity contribution in [3.05, 3.63) is 103 Å². The monoisotopic (exact) mass is 880 g/mol. The number of allylic oxidation sites excluding steroid dienone is 2. The molecule has 0 unspecified atom stereocenters. The number of aliphatic hydroxyl groups is 1. The van der Waals surface area contributed by atoms with Gasteiger partial charge in [-0.2, -0.15) is 0 Å². The van der Waals surface area contributed by atoms with Gasteiger partial charge in [0, 0.05) is 61.2 Å². The number of benzene rings is 2. The minimum absolute atomic E-state index is 0. The molecule has 5 rings (SSSR count). The van der Waals surface area contributed by atoms with Crippen molar-refractivity contribution in [1.82, 2.24) is 4.98 Å². The zero-order valence-electron chi connectivity index (χ0n) is 33.2. The number of ketones is 1. The van der Waals surface area contributed by atoms with Gasteiger partial charge in [-0.05, 0) is 67.2 Å². The Bertz CT molecular complexity index is 2010. The van der Waals surface area contributed by atoms with Gasteiger partial charge in [-0.1, -0.05) is 105 Å². The molecular weight excluding hydrogens is 821 g/mol. The molecule has 281 valence electrons. The van der Waals surface area contributed by atoms with Crippen LogP contribution in [0.2, 0.25) is 0 Å². The molecule has 1 N–H and O–H groups in total. The molecular formula is C46H59IrN2O3-. The first-order valence-electron chi connectivity index (χ1n) is 18.6. The number of carbonyl (C=O) groups is 1. The molecule has 0 aliphatic carbocycles. The van der Waals surface area contributed by atoms with Crippen LogP contribution >= 0.6 is 0 Å². The first kappa shape index (κ1) is 42.7. The van der Waals surface area contributed by atoms with Crippen LogP contribution in [0.15, 0.2) is 83.4 Å². The van der Waals surface area contributed by atoms with Crippen molar-refractivity contribution in [1.29, 1.82) is 0 Å². The first-order valence-corrected chi connectivity index (χ1v) is 18.6. The second-order valence-electron chi connectivity index (χ2n) is 16.0. The van der Waals surface area contributed by atoms with Crippen molar-refractivity contribution < 1.29 is 39.0 Å². The third-order valence-electron chi connectivity index (χ3n) is 11.0. The first-order chi connectivity index (χ1) is 24.0. The Morgan fingerprint density at radius 1 is 0.942 bits per heavy atom. The zero-order chi connectivity index (χ0) is 37.7. The van der Waals surface area contributed by atoms with Crippen molar-refractivity contribution in [2.24, 2.45) is 16.7 Å². The summed E-state index contributed by atoms with van der Waals surface area (Å²) in [6.45, 7) is 23.3. The van der Waals surface area contributed by atoms with E-state index in [0.717, 1.165) is 76.5 Å². The minimum Gasteiger partial charge on any atom is -0.512 e. The van der Waals surface area contributed by atoms with Gasteiger partial charge in [-0.25, -0.2) is 0 Å². The molecule has 5 aromatic rings. The van der Waals surface area contributed by atoms with Gasteiger partial charge in [0.05, 0.1) is 18.2 Å². The van der Waals surface area contributed by atoms with E-state index in [1.807, 2.05) is 64.6 Å². The summed E-state index contributed by atoms with van der Waals surface area (Å²) in [4.78, 5) is 17.0. The molecule has 0 saturated heterocycles. The van der Waals surface area contributed by atoms with Crippen LogP contribution in [0.1, 0.15) is 113 Å². The van der Waals surface area contributed by atoms with E-state index in [1.54, 1.807) is 6.26 Å². The smallest absolute Gasteiger partial charge is 0.164 e. The van der Waals surface area contributed by atoms with E-state index in [9.17, 15) is 9.90 Å². The molecule has 1 radical (unpaired) electrons. The Labute approximate surface area is 326 Å². The van der Waals surface area contributed by atoms with Crippen LogP contribution in [0.25, 0.3) is 44.1 Å². The molecule has 0 amide bonds. The Morgan fingerprint density at radius 2 is 1.58 bits per heavy atom. The van der Waals surface area contributed by atoms with E-state index in [0.29, 0.717) is 5.92 Å². The fourth-order valence-corrected chi connectivity index (χ4v) is 6.37. The van der Waals surface area contributed by atoms with Crippen LogP contribution in [-0.4, -0.2) is 15.9 Å². The molecule has 0 saturated carbocycles. The second kappa shape index (κ2) is 17.4. The van der Waals surface area contributed by atoms with Crippen LogP contribution in [0.5, 0.6) is 0 Å². The molecule has 0 bridgehead atoms. The maximum Gasteiger partial charge on any atom is 0.164 e. The molecule has 2 aromatic carbocycles. The van der Waals surface area contributed by atoms with E-state index in [-0.39, 0.29) is 47.9 Å². The Kier molecular flexibility index (Phi) is 14.3. The Hall–Kier alpha value is -3.73. The summed E-state index contributed by atoms with van der Waals surface area (Å²) in [6.07, 6.45) is 11.4. The van der Waals surface area contributed by atoms with Crippen LogP contribution in [0.3, 0.4) is 0 Å². The zero-order valence-corrected chi connectivity index (χ0v) is 35.6. The maximum atomic E-state index is 12.2. The van der Waals surface area contributed by atoms with Gasteiger partial charge >= 0.3 is 0 Å². The largest absolute Gasteiger partial charge is 0.512 e. The molecule has 52 heavy (non-hydrogen) atoms. The van der Waals surface area contributed by atoms with Crippen LogP contribution in [-0.2, 0) is 36.7 Å². The summed E-state index contributed by atoms with van der Waals surface area (Å²) in [5, 5.41) is 13.6. The fraction of sp³-hybridized carbons (Fsp3) is 0.435. The summed E-state index contributed by atoms with van der Waals surface area (Å²) < 4.78 is 7.87. The van der Waals surface area contributed by atoms with Crippen LogP contribution in [0, 0.1) is 29.9 Å². The van der Waals surface area contributed by atoms with E-state index < -0.39 is 0 Å². The van der Waals surface area contributed by atoms with Gasteiger partial charge < -0.3 is 14.1 Å². The van der Waals surface area contributed by atoms with Gasteiger partial charge in [0.2, 0.25) is 0 Å². The number of furan rings is 1. The van der Waals surface area contributed by atoms with Gasteiger partial charge in [0.25, 0.3) is 0 Å². The number of hydrogen-bond acceptors (Lipinski definition) is 4. The normalized spacial score (nSPS) is 12.5. The average Bonchev–Trinajstić information content (AvgIpc) is 3.61. The summed E-state index contributed by atoms with van der Waals surface area (Å²) in [6, 6.07) is 20.7. The molecule has 3 aromatic heterocycles. The number of fused-ring (bicyclic) bond motifs is 2. The molecule has 0 spiro atoms. The number of rotatable bonds is 11. The molecule has 0 fully saturated rings. The summed E-state index contributed by atoms with van der Waals surface area (Å²) in [5.41, 5.74) is 6.75. The molecule has 5 nitrogen and oxygen atoms in total. The molecule has 0 aliphatic rings. The summed E-state index contributed by atoms with van der Waals surface area (Å²) >= 11 is 0. The summed E-state index contributed by atoms with van der Waals surface area (Å²) in [5.74, 6) is 0.819. The third kappa shape index (κ3) is 9.25. The molecule has 3 heterocycles. The predicted molar refractivity (Wildman–Crippen MR) is 213 cm³/mol. The Morgan fingerprint density at radius 3 is 2.17 bits per heavy atom. The van der Waals surface area contributed by atoms with Crippen molar-refractivity contribution in [3.8, 4) is 22.4 Å². The minimum atomic E-state index is -0.337. The SMILES string of the molecule is CCC(C)(CC)C(=O)/C=C(\O)C(C)(CC)CC.[CH2-][n+]1ccc(-c2cnc(CC(C)C)c3ccoc23)cc1-c1[c-]c2ccccc2c(C(C)(C)C)c1.[Ir]. The predicted octanol–water partition coefficient (Wildman–Crippen LogP) is 12.2. The van der Waals surface area contributed by atoms with Crippen LogP contribution < -0.4 is 4.57 Å². The average molecular weight is 880 g/mol. The van der Waals surface area contributed by atoms with Gasteiger partial charge in [0.1, 0.15) is 17.0 Å². The maximum absolute atomic E-state index is 12.2. The van der Waals surface area contributed by atoms with Gasteiger partial charge in [-0.15, -0.1) is 29.1 Å². The van der Waals surface area contributed by atoms with Crippen molar-refractivity contribution in [2.45, 2.75) is 114 Å². The number of carbonyl (C=O) groups excluding carboxylic acids is 1. The number of aromatic nitrogens is 2.